The maximum absolute atomic E-state index is 12.7. The molecule has 9 heteroatoms. The Labute approximate surface area is 191 Å². The number of aromatic nitrogens is 4. The minimum Gasteiger partial charge on any atom is -0.305 e. The van der Waals surface area contributed by atoms with E-state index in [4.69, 9.17) is 23.2 Å². The van der Waals surface area contributed by atoms with Crippen LogP contribution in [-0.2, 0) is 0 Å². The first kappa shape index (κ1) is 20.3. The molecule has 0 radical (unpaired) electrons. The van der Waals surface area contributed by atoms with Gasteiger partial charge in [0.25, 0.3) is 5.56 Å². The van der Waals surface area contributed by atoms with Crippen molar-refractivity contribution in [2.24, 2.45) is 0 Å². The molecule has 4 aromatic rings. The molecule has 0 amide bonds. The van der Waals surface area contributed by atoms with Crippen LogP contribution in [0.15, 0.2) is 58.5 Å². The van der Waals surface area contributed by atoms with E-state index in [9.17, 15) is 9.59 Å². The summed E-state index contributed by atoms with van der Waals surface area (Å²) in [5, 5.41) is 1.60. The molecular formula is C22H16Cl2N4O2S. The molecule has 0 atom stereocenters. The van der Waals surface area contributed by atoms with Crippen molar-refractivity contribution in [3.8, 4) is 11.4 Å². The van der Waals surface area contributed by atoms with Crippen molar-refractivity contribution in [1.29, 1.82) is 0 Å². The Morgan fingerprint density at radius 1 is 1.03 bits per heavy atom. The summed E-state index contributed by atoms with van der Waals surface area (Å²) >= 11 is 13.1. The molecule has 2 heterocycles. The minimum atomic E-state index is -0.318. The summed E-state index contributed by atoms with van der Waals surface area (Å²) in [6.07, 6.45) is 2.02. The lowest BCUT2D eigenvalue weighted by Gasteiger charge is -2.07. The number of benzene rings is 2. The maximum Gasteiger partial charge on any atom is 0.279 e. The summed E-state index contributed by atoms with van der Waals surface area (Å²) in [6, 6.07) is 14.4. The summed E-state index contributed by atoms with van der Waals surface area (Å²) in [6.45, 7) is 0. The fraction of sp³-hybridized carbons (Fsp3) is 0.182. The van der Waals surface area contributed by atoms with Gasteiger partial charge >= 0.3 is 0 Å². The lowest BCUT2D eigenvalue weighted by molar-refractivity contribution is 0.102. The second-order valence-electron chi connectivity index (χ2n) is 7.31. The SMILES string of the molecule is O=C(CSc1nc2c(nc(-c3ccc(Cl)cc3)n2C2CC2)c(=O)[nH]1)c1ccc(Cl)cc1. The van der Waals surface area contributed by atoms with Gasteiger partial charge in [-0.2, -0.15) is 0 Å². The Morgan fingerprint density at radius 2 is 1.68 bits per heavy atom. The van der Waals surface area contributed by atoms with Crippen molar-refractivity contribution in [2.75, 3.05) is 5.75 Å². The van der Waals surface area contributed by atoms with Gasteiger partial charge in [-0.25, -0.2) is 9.97 Å². The number of rotatable bonds is 6. The van der Waals surface area contributed by atoms with Gasteiger partial charge in [0, 0.05) is 27.2 Å². The number of nitrogens with zero attached hydrogens (tertiary/aromatic N) is 3. The van der Waals surface area contributed by atoms with Crippen molar-refractivity contribution in [3.63, 3.8) is 0 Å². The van der Waals surface area contributed by atoms with Crippen LogP contribution in [0.2, 0.25) is 10.0 Å². The van der Waals surface area contributed by atoms with Crippen LogP contribution in [0, 0.1) is 0 Å². The van der Waals surface area contributed by atoms with Crippen molar-refractivity contribution in [2.45, 2.75) is 24.0 Å². The first-order chi connectivity index (χ1) is 15.0. The Kier molecular flexibility index (Phi) is 5.33. The Hall–Kier alpha value is -2.61. The second-order valence-corrected chi connectivity index (χ2v) is 9.14. The first-order valence-electron chi connectivity index (χ1n) is 9.69. The van der Waals surface area contributed by atoms with Crippen molar-refractivity contribution < 1.29 is 4.79 Å². The predicted molar refractivity (Wildman–Crippen MR) is 123 cm³/mol. The molecule has 1 aliphatic carbocycles. The number of nitrogens with one attached hydrogen (secondary N) is 1. The standard InChI is InChI=1S/C22H16Cl2N4O2S/c23-14-5-1-12(2-6-14)17(29)11-31-22-26-20-18(21(30)27-22)25-19(28(20)16-9-10-16)13-3-7-15(24)8-4-13/h1-8,16H,9-11H2,(H,26,27,30). The third kappa shape index (κ3) is 4.13. The number of fused-ring (bicyclic) bond motifs is 1. The van der Waals surface area contributed by atoms with Gasteiger partial charge in [0.05, 0.1) is 5.75 Å². The quantitative estimate of drug-likeness (QED) is 0.231. The third-order valence-electron chi connectivity index (χ3n) is 5.05. The molecule has 31 heavy (non-hydrogen) atoms. The van der Waals surface area contributed by atoms with Crippen molar-refractivity contribution in [1.82, 2.24) is 19.5 Å². The van der Waals surface area contributed by atoms with Crippen LogP contribution in [-0.4, -0.2) is 31.1 Å². The average molecular weight is 471 g/mol. The predicted octanol–water partition coefficient (Wildman–Crippen LogP) is 5.40. The molecule has 1 aliphatic rings. The highest BCUT2D eigenvalue weighted by atomic mass is 35.5. The third-order valence-corrected chi connectivity index (χ3v) is 6.43. The highest BCUT2D eigenvalue weighted by Crippen LogP contribution is 2.40. The average Bonchev–Trinajstić information content (AvgIpc) is 3.53. The molecular weight excluding hydrogens is 455 g/mol. The van der Waals surface area contributed by atoms with Gasteiger partial charge in [-0.15, -0.1) is 0 Å². The number of aromatic amines is 1. The minimum absolute atomic E-state index is 0.0676. The number of thioether (sulfide) groups is 1. The van der Waals surface area contributed by atoms with E-state index in [1.807, 2.05) is 16.7 Å². The van der Waals surface area contributed by atoms with E-state index in [2.05, 4.69) is 15.0 Å². The summed E-state index contributed by atoms with van der Waals surface area (Å²) in [5.74, 6) is 0.783. The number of H-pyrrole nitrogens is 1. The summed E-state index contributed by atoms with van der Waals surface area (Å²) in [5.41, 5.74) is 1.96. The number of Topliss-reactive ketones (excluding diaryl/α,β-unsaturated/α-hetero) is 1. The molecule has 5 rings (SSSR count). The van der Waals surface area contributed by atoms with Gasteiger partial charge in [0.15, 0.2) is 22.1 Å². The van der Waals surface area contributed by atoms with Crippen LogP contribution < -0.4 is 5.56 Å². The highest BCUT2D eigenvalue weighted by molar-refractivity contribution is 7.99. The molecule has 1 saturated carbocycles. The van der Waals surface area contributed by atoms with Gasteiger partial charge < -0.3 is 4.57 Å². The monoisotopic (exact) mass is 470 g/mol. The zero-order valence-electron chi connectivity index (χ0n) is 16.1. The number of carbonyl (C=O) groups is 1. The van der Waals surface area contributed by atoms with Crippen LogP contribution >= 0.6 is 35.0 Å². The molecule has 2 aromatic heterocycles. The molecule has 0 unspecified atom stereocenters. The van der Waals surface area contributed by atoms with Gasteiger partial charge in [-0.05, 0) is 61.4 Å². The van der Waals surface area contributed by atoms with Crippen LogP contribution in [0.4, 0.5) is 0 Å². The molecule has 0 saturated heterocycles. The number of halogens is 2. The van der Waals surface area contributed by atoms with E-state index in [0.29, 0.717) is 37.8 Å². The van der Waals surface area contributed by atoms with Crippen LogP contribution in [0.3, 0.4) is 0 Å². The fourth-order valence-corrected chi connectivity index (χ4v) is 4.37. The summed E-state index contributed by atoms with van der Waals surface area (Å²) in [4.78, 5) is 37.2. The zero-order chi connectivity index (χ0) is 21.5. The Balaban J connectivity index is 1.49. The molecule has 0 bridgehead atoms. The lowest BCUT2D eigenvalue weighted by Crippen LogP contribution is -2.11. The van der Waals surface area contributed by atoms with Gasteiger partial charge in [-0.1, -0.05) is 35.0 Å². The molecule has 6 nitrogen and oxygen atoms in total. The summed E-state index contributed by atoms with van der Waals surface area (Å²) < 4.78 is 2.03. The van der Waals surface area contributed by atoms with Gasteiger partial charge in [0.2, 0.25) is 0 Å². The maximum atomic E-state index is 12.7. The second kappa shape index (κ2) is 8.15. The number of hydrogen-bond acceptors (Lipinski definition) is 5. The number of carbonyl (C=O) groups excluding carboxylic acids is 1. The zero-order valence-corrected chi connectivity index (χ0v) is 18.5. The Bertz CT molecular complexity index is 1340. The van der Waals surface area contributed by atoms with E-state index in [0.717, 1.165) is 18.4 Å². The van der Waals surface area contributed by atoms with E-state index in [1.54, 1.807) is 36.4 Å². The largest absolute Gasteiger partial charge is 0.305 e. The first-order valence-corrected chi connectivity index (χ1v) is 11.4. The van der Waals surface area contributed by atoms with Crippen molar-refractivity contribution in [3.05, 3.63) is 74.5 Å². The van der Waals surface area contributed by atoms with E-state index in [-0.39, 0.29) is 23.1 Å². The highest BCUT2D eigenvalue weighted by Gasteiger charge is 2.30. The molecule has 1 N–H and O–H groups in total. The summed E-state index contributed by atoms with van der Waals surface area (Å²) in [7, 11) is 0. The van der Waals surface area contributed by atoms with E-state index < -0.39 is 0 Å². The van der Waals surface area contributed by atoms with E-state index in [1.165, 1.54) is 11.8 Å². The fourth-order valence-electron chi connectivity index (χ4n) is 3.37. The van der Waals surface area contributed by atoms with Gasteiger partial charge in [-0.3, -0.25) is 14.6 Å². The smallest absolute Gasteiger partial charge is 0.279 e. The topological polar surface area (TPSA) is 80.6 Å². The number of ketones is 1. The normalized spacial score (nSPS) is 13.6. The van der Waals surface area contributed by atoms with Crippen LogP contribution in [0.1, 0.15) is 29.2 Å². The molecule has 0 spiro atoms. The van der Waals surface area contributed by atoms with Crippen LogP contribution in [0.5, 0.6) is 0 Å². The Morgan fingerprint density at radius 3 is 2.32 bits per heavy atom. The van der Waals surface area contributed by atoms with Crippen molar-refractivity contribution >= 4 is 51.9 Å². The molecule has 2 aromatic carbocycles. The molecule has 0 aliphatic heterocycles. The van der Waals surface area contributed by atoms with E-state index >= 15 is 0 Å². The molecule has 156 valence electrons. The molecule has 1 fully saturated rings. The van der Waals surface area contributed by atoms with Gasteiger partial charge in [0.1, 0.15) is 5.82 Å². The van der Waals surface area contributed by atoms with Crippen LogP contribution in [0.25, 0.3) is 22.6 Å². The number of imidazole rings is 1. The lowest BCUT2D eigenvalue weighted by atomic mass is 10.1. The number of hydrogen-bond donors (Lipinski definition) is 1.